The van der Waals surface area contributed by atoms with Crippen LogP contribution in [0, 0.1) is 0 Å². The summed E-state index contributed by atoms with van der Waals surface area (Å²) in [6.07, 6.45) is 1.19. The molecule has 0 unspecified atom stereocenters. The minimum absolute atomic E-state index is 0. The first-order valence-corrected chi connectivity index (χ1v) is 7.33. The fraction of sp³-hybridized carbons (Fsp3) is 0.263. The Morgan fingerprint density at radius 2 is 1.76 bits per heavy atom. The molecule has 0 bridgehead atoms. The number of fused-ring (bicyclic) bond motifs is 1. The highest BCUT2D eigenvalue weighted by molar-refractivity contribution is 5.74. The van der Waals surface area contributed by atoms with Gasteiger partial charge in [0.25, 0.3) is 0 Å². The molecule has 0 aliphatic carbocycles. The average Bonchev–Trinajstić information content (AvgIpc) is 2.96. The van der Waals surface area contributed by atoms with E-state index in [0.717, 1.165) is 12.1 Å². The van der Waals surface area contributed by atoms with Gasteiger partial charge in [-0.15, -0.1) is 0 Å². The highest BCUT2D eigenvalue weighted by Gasteiger charge is 2.06. The monoisotopic (exact) mass is 282 g/mol. The SMILES string of the molecule is C=C(C)c1ccccc1N(C)C.[HH].c1ccc2c(c1)CCN2. The molecule has 0 saturated carbocycles. The van der Waals surface area contributed by atoms with E-state index in [1.807, 2.05) is 33.2 Å². The molecule has 0 radical (unpaired) electrons. The molecule has 1 aliphatic rings. The normalized spacial score (nSPS) is 11.8. The fourth-order valence-electron chi connectivity index (χ4n) is 2.47. The Kier molecular flexibility index (Phi) is 5.04. The Morgan fingerprint density at radius 1 is 1.10 bits per heavy atom. The van der Waals surface area contributed by atoms with E-state index in [-0.39, 0.29) is 1.43 Å². The van der Waals surface area contributed by atoms with Crippen LogP contribution in [0.2, 0.25) is 0 Å². The van der Waals surface area contributed by atoms with Gasteiger partial charge in [0.15, 0.2) is 0 Å². The van der Waals surface area contributed by atoms with Gasteiger partial charge in [0.2, 0.25) is 0 Å². The number of rotatable bonds is 2. The summed E-state index contributed by atoms with van der Waals surface area (Å²) >= 11 is 0. The second kappa shape index (κ2) is 6.98. The van der Waals surface area contributed by atoms with Crippen molar-refractivity contribution in [2.45, 2.75) is 13.3 Å². The topological polar surface area (TPSA) is 15.3 Å². The zero-order chi connectivity index (χ0) is 15.2. The fourth-order valence-corrected chi connectivity index (χ4v) is 2.47. The van der Waals surface area contributed by atoms with Crippen LogP contribution in [0.5, 0.6) is 0 Å². The molecule has 2 aromatic carbocycles. The third-order valence-electron chi connectivity index (χ3n) is 3.57. The lowest BCUT2D eigenvalue weighted by Crippen LogP contribution is -2.10. The van der Waals surface area contributed by atoms with Gasteiger partial charge in [0.1, 0.15) is 0 Å². The quantitative estimate of drug-likeness (QED) is 0.860. The van der Waals surface area contributed by atoms with Gasteiger partial charge in [-0.3, -0.25) is 0 Å². The zero-order valence-electron chi connectivity index (χ0n) is 13.2. The highest BCUT2D eigenvalue weighted by atomic mass is 15.1. The van der Waals surface area contributed by atoms with E-state index in [1.54, 1.807) is 0 Å². The molecule has 2 nitrogen and oxygen atoms in total. The summed E-state index contributed by atoms with van der Waals surface area (Å²) in [6.45, 7) is 7.08. The van der Waals surface area contributed by atoms with Crippen molar-refractivity contribution >= 4 is 16.9 Å². The van der Waals surface area contributed by atoms with E-state index >= 15 is 0 Å². The van der Waals surface area contributed by atoms with Crippen molar-refractivity contribution in [1.82, 2.24) is 0 Å². The Morgan fingerprint density at radius 3 is 2.38 bits per heavy atom. The maximum Gasteiger partial charge on any atom is 0.0437 e. The number of hydrogen-bond acceptors (Lipinski definition) is 2. The van der Waals surface area contributed by atoms with E-state index in [4.69, 9.17) is 0 Å². The molecule has 0 atom stereocenters. The average molecular weight is 282 g/mol. The van der Waals surface area contributed by atoms with Crippen LogP contribution < -0.4 is 10.2 Å². The van der Waals surface area contributed by atoms with Gasteiger partial charge in [0, 0.05) is 39.0 Å². The summed E-state index contributed by atoms with van der Waals surface area (Å²) in [5.74, 6) is 0. The predicted octanol–water partition coefficient (Wildman–Crippen LogP) is 4.69. The number of anilines is 2. The standard InChI is InChI=1S/C11H15N.C8H9N.H2/c1-9(2)10-7-5-6-8-11(10)12(3)4;1-2-4-8-7(3-1)5-6-9-8;/h5-8H,1H2,2-4H3;1-4,9H,5-6H2;1H. The van der Waals surface area contributed by atoms with Gasteiger partial charge < -0.3 is 10.2 Å². The summed E-state index contributed by atoms with van der Waals surface area (Å²) in [5, 5.41) is 3.30. The first-order valence-electron chi connectivity index (χ1n) is 7.33. The third kappa shape index (κ3) is 3.88. The van der Waals surface area contributed by atoms with Crippen molar-refractivity contribution in [1.29, 1.82) is 0 Å². The molecule has 3 rings (SSSR count). The predicted molar refractivity (Wildman–Crippen MR) is 96.2 cm³/mol. The minimum atomic E-state index is 0. The second-order valence-electron chi connectivity index (χ2n) is 5.53. The van der Waals surface area contributed by atoms with Crippen molar-refractivity contribution in [2.24, 2.45) is 0 Å². The van der Waals surface area contributed by atoms with Crippen LogP contribution in [0.25, 0.3) is 5.57 Å². The minimum Gasteiger partial charge on any atom is -0.384 e. The second-order valence-corrected chi connectivity index (χ2v) is 5.53. The Hall–Kier alpha value is -2.22. The number of hydrogen-bond donors (Lipinski definition) is 1. The maximum atomic E-state index is 3.94. The van der Waals surface area contributed by atoms with Gasteiger partial charge in [-0.2, -0.15) is 0 Å². The van der Waals surface area contributed by atoms with Crippen molar-refractivity contribution in [2.75, 3.05) is 30.9 Å². The highest BCUT2D eigenvalue weighted by Crippen LogP contribution is 2.23. The molecule has 21 heavy (non-hydrogen) atoms. The Labute approximate surface area is 129 Å². The number of para-hydroxylation sites is 2. The van der Waals surface area contributed by atoms with E-state index in [9.17, 15) is 0 Å². The summed E-state index contributed by atoms with van der Waals surface area (Å²) in [4.78, 5) is 2.10. The largest absolute Gasteiger partial charge is 0.384 e. The Balaban J connectivity index is 0.000000217. The number of benzene rings is 2. The molecule has 0 fully saturated rings. The van der Waals surface area contributed by atoms with Crippen LogP contribution in [0.1, 0.15) is 19.5 Å². The molecular formula is C19H26N2. The van der Waals surface area contributed by atoms with E-state index in [2.05, 4.69) is 53.2 Å². The first-order chi connectivity index (χ1) is 10.1. The third-order valence-corrected chi connectivity index (χ3v) is 3.57. The van der Waals surface area contributed by atoms with Crippen molar-refractivity contribution < 1.29 is 1.43 Å². The molecule has 0 saturated heterocycles. The van der Waals surface area contributed by atoms with Crippen molar-refractivity contribution in [3.05, 3.63) is 66.2 Å². The van der Waals surface area contributed by atoms with Gasteiger partial charge in [-0.05, 0) is 36.6 Å². The number of nitrogens with one attached hydrogen (secondary N) is 1. The Bertz CT molecular complexity index is 597. The first kappa shape index (κ1) is 15.2. The lowest BCUT2D eigenvalue weighted by Gasteiger charge is -2.16. The molecule has 1 heterocycles. The van der Waals surface area contributed by atoms with Crippen LogP contribution in [0.3, 0.4) is 0 Å². The molecule has 112 valence electrons. The van der Waals surface area contributed by atoms with Gasteiger partial charge >= 0.3 is 0 Å². The van der Waals surface area contributed by atoms with Gasteiger partial charge in [0.05, 0.1) is 0 Å². The molecule has 2 aromatic rings. The lowest BCUT2D eigenvalue weighted by atomic mass is 10.1. The number of allylic oxidation sites excluding steroid dienone is 1. The van der Waals surface area contributed by atoms with Crippen LogP contribution >= 0.6 is 0 Å². The number of nitrogens with zero attached hydrogens (tertiary/aromatic N) is 1. The maximum absolute atomic E-state index is 3.94. The summed E-state index contributed by atoms with van der Waals surface area (Å²) < 4.78 is 0. The van der Waals surface area contributed by atoms with E-state index in [1.165, 1.54) is 28.9 Å². The summed E-state index contributed by atoms with van der Waals surface area (Å²) in [5.41, 5.74) is 6.34. The zero-order valence-corrected chi connectivity index (χ0v) is 13.2. The van der Waals surface area contributed by atoms with Crippen LogP contribution in [0.15, 0.2) is 55.1 Å². The van der Waals surface area contributed by atoms with Crippen LogP contribution in [-0.2, 0) is 6.42 Å². The molecule has 1 N–H and O–H groups in total. The molecule has 1 aliphatic heterocycles. The van der Waals surface area contributed by atoms with Crippen LogP contribution in [-0.4, -0.2) is 20.6 Å². The van der Waals surface area contributed by atoms with Gasteiger partial charge in [-0.1, -0.05) is 43.0 Å². The van der Waals surface area contributed by atoms with Crippen molar-refractivity contribution in [3.63, 3.8) is 0 Å². The molecule has 2 heteroatoms. The lowest BCUT2D eigenvalue weighted by molar-refractivity contribution is 1.11. The van der Waals surface area contributed by atoms with Gasteiger partial charge in [-0.25, -0.2) is 0 Å². The molecule has 0 amide bonds. The smallest absolute Gasteiger partial charge is 0.0437 e. The molecule has 0 aromatic heterocycles. The van der Waals surface area contributed by atoms with Crippen molar-refractivity contribution in [3.8, 4) is 0 Å². The summed E-state index contributed by atoms with van der Waals surface area (Å²) in [7, 11) is 4.09. The summed E-state index contributed by atoms with van der Waals surface area (Å²) in [6, 6.07) is 16.7. The molecule has 0 spiro atoms. The van der Waals surface area contributed by atoms with E-state index in [0.29, 0.717) is 0 Å². The van der Waals surface area contributed by atoms with Crippen LogP contribution in [0.4, 0.5) is 11.4 Å². The molecular weight excluding hydrogens is 256 g/mol. The van der Waals surface area contributed by atoms with E-state index < -0.39 is 0 Å².